The predicted molar refractivity (Wildman–Crippen MR) is 180 cm³/mol. The molecule has 0 rings (SSSR count). The molecule has 0 aromatic heterocycles. The Morgan fingerprint density at radius 3 is 1.43 bits per heavy atom. The molecule has 2 atom stereocenters. The lowest BCUT2D eigenvalue weighted by molar-refractivity contribution is -1.07. The zero-order valence-corrected chi connectivity index (χ0v) is 29.0. The summed E-state index contributed by atoms with van der Waals surface area (Å²) in [6, 6.07) is 0. The van der Waals surface area contributed by atoms with Gasteiger partial charge in [0.05, 0.1) is 0 Å². The molecule has 0 saturated heterocycles. The zero-order chi connectivity index (χ0) is 39.3. The van der Waals surface area contributed by atoms with E-state index in [4.69, 9.17) is 17.7 Å². The molecule has 0 aromatic carbocycles. The number of aliphatic hydroxyl groups is 2. The van der Waals surface area contributed by atoms with Gasteiger partial charge in [0.15, 0.2) is 6.10 Å². The van der Waals surface area contributed by atoms with Crippen molar-refractivity contribution in [1.82, 2.24) is 0 Å². The Morgan fingerprint density at radius 2 is 1.02 bits per heavy atom. The van der Waals surface area contributed by atoms with Crippen LogP contribution in [0.3, 0.4) is 0 Å². The van der Waals surface area contributed by atoms with Crippen LogP contribution in [0.5, 0.6) is 0 Å². The maximum absolute atomic E-state index is 12.1. The van der Waals surface area contributed by atoms with E-state index >= 15 is 0 Å². The van der Waals surface area contributed by atoms with Crippen LogP contribution >= 0.6 is 7.82 Å². The van der Waals surface area contributed by atoms with E-state index in [0.717, 1.165) is 116 Å². The summed E-state index contributed by atoms with van der Waals surface area (Å²) in [5, 5.41) is 20.3. The number of carbonyl (C=O) groups is 2. The Bertz CT molecular complexity index is 893. The summed E-state index contributed by atoms with van der Waals surface area (Å²) in [5.41, 5.74) is 0. The summed E-state index contributed by atoms with van der Waals surface area (Å²) < 4.78 is 69.5. The Kier molecular flexibility index (Phi) is 23.6. The van der Waals surface area contributed by atoms with Crippen LogP contribution in [-0.4, -0.2) is 70.4 Å². The van der Waals surface area contributed by atoms with Gasteiger partial charge in [0, 0.05) is 19.4 Å². The van der Waals surface area contributed by atoms with Gasteiger partial charge in [-0.15, -0.1) is 0 Å². The number of hydrogen-bond donors (Lipinski definition) is 5. The predicted octanol–water partition coefficient (Wildman–Crippen LogP) is 6.11. The summed E-state index contributed by atoms with van der Waals surface area (Å²) in [7, 11) is -5.01. The van der Waals surface area contributed by atoms with Crippen LogP contribution in [0.15, 0.2) is 0 Å². The number of quaternary nitrogens is 1. The minimum Gasteiger partial charge on any atom is -0.463 e. The Balaban J connectivity index is 4.04. The molecule has 0 aromatic rings. The molecule has 0 aliphatic carbocycles. The molecule has 0 heterocycles. The average Bonchev–Trinajstić information content (AvgIpc) is 3.02. The van der Waals surface area contributed by atoms with Gasteiger partial charge < -0.3 is 19.7 Å². The fourth-order valence-corrected chi connectivity index (χ4v) is 5.59. The number of aliphatic hydroxyl groups excluding tert-OH is 2. The number of esters is 2. The lowest BCUT2D eigenvalue weighted by Gasteiger charge is -2.21. The first-order chi connectivity index (χ1) is 24.4. The summed E-state index contributed by atoms with van der Waals surface area (Å²) in [6.07, 6.45) is 17.3. The highest BCUT2D eigenvalue weighted by molar-refractivity contribution is 7.46. The topological polar surface area (TPSA) is 167 Å². The minimum atomic E-state index is -5.01. The number of hydroxylamine groups is 2. The van der Waals surface area contributed by atoms with Gasteiger partial charge in [-0.05, 0) is 12.8 Å². The van der Waals surface area contributed by atoms with Crippen LogP contribution in [0.25, 0.3) is 0 Å². The van der Waals surface area contributed by atoms with Crippen molar-refractivity contribution in [3.63, 3.8) is 0 Å². The van der Waals surface area contributed by atoms with Gasteiger partial charge in [-0.2, -0.15) is 5.06 Å². The molecule has 0 spiro atoms. The summed E-state index contributed by atoms with van der Waals surface area (Å²) in [5.74, 6) is -1.00. The molecular weight excluding hydrogens is 613 g/mol. The number of rotatable bonds is 34. The molecule has 0 unspecified atom stereocenters. The highest BCUT2D eigenvalue weighted by atomic mass is 31.2. The average molecular weight is 689 g/mol. The van der Waals surface area contributed by atoms with Gasteiger partial charge in [-0.3, -0.25) is 14.6 Å². The molecule has 0 amide bonds. The summed E-state index contributed by atoms with van der Waals surface area (Å²) in [6.45, 7) is -5.32. The van der Waals surface area contributed by atoms with Gasteiger partial charge in [-0.1, -0.05) is 147 Å². The first-order valence-electron chi connectivity index (χ1n) is 20.6. The van der Waals surface area contributed by atoms with Crippen molar-refractivity contribution >= 4 is 19.8 Å². The third-order valence-electron chi connectivity index (χ3n) is 7.66. The van der Waals surface area contributed by atoms with Crippen molar-refractivity contribution < 1.29 is 61.5 Å². The fourth-order valence-electron chi connectivity index (χ4n) is 5.11. The van der Waals surface area contributed by atoms with Crippen molar-refractivity contribution in [2.75, 3.05) is 26.3 Å². The zero-order valence-electron chi connectivity index (χ0n) is 34.1. The van der Waals surface area contributed by atoms with Crippen LogP contribution in [0.2, 0.25) is 0 Å². The number of nitrogens with one attached hydrogen (secondary N) is 1. The van der Waals surface area contributed by atoms with Crippen molar-refractivity contribution in [2.45, 2.75) is 180 Å². The number of hydrogen-bond acceptors (Lipinski definition) is 8. The van der Waals surface area contributed by atoms with Crippen LogP contribution < -0.4 is 5.06 Å². The van der Waals surface area contributed by atoms with Crippen molar-refractivity contribution in [3.05, 3.63) is 0 Å². The summed E-state index contributed by atoms with van der Waals surface area (Å²) in [4.78, 5) is 42.7. The van der Waals surface area contributed by atoms with Crippen molar-refractivity contribution in [2.24, 2.45) is 0 Å². The number of unbranched alkanes of at least 4 members (excludes halogenated alkanes) is 18. The molecule has 12 heteroatoms. The molecule has 11 nitrogen and oxygen atoms in total. The third kappa shape index (κ3) is 32.9. The van der Waals surface area contributed by atoms with Crippen LogP contribution in [-0.2, 0) is 28.3 Å². The molecule has 0 aliphatic rings. The van der Waals surface area contributed by atoms with Crippen LogP contribution in [0.4, 0.5) is 0 Å². The Labute approximate surface area is 287 Å². The number of phosphoric acid groups is 1. The van der Waals surface area contributed by atoms with E-state index in [1.807, 2.05) is 0 Å². The Hall–Kier alpha value is -1.07. The van der Waals surface area contributed by atoms with Crippen LogP contribution in [0.1, 0.15) is 176 Å². The fraction of sp³-hybridized carbons (Fsp3) is 0.941. The van der Waals surface area contributed by atoms with E-state index < -0.39 is 72.0 Å². The maximum Gasteiger partial charge on any atom is 0.574 e. The van der Waals surface area contributed by atoms with E-state index in [1.165, 1.54) is 0 Å². The molecule has 46 heavy (non-hydrogen) atoms. The first kappa shape index (κ1) is 34.8. The highest BCUT2D eigenvalue weighted by Gasteiger charge is 2.31. The van der Waals surface area contributed by atoms with E-state index in [9.17, 15) is 34.2 Å². The van der Waals surface area contributed by atoms with Gasteiger partial charge in [0.25, 0.3) is 0 Å². The largest absolute Gasteiger partial charge is 0.574 e. The highest BCUT2D eigenvalue weighted by Crippen LogP contribution is 2.32. The molecule has 1 radical (unpaired) electrons. The second kappa shape index (κ2) is 31.2. The second-order valence-corrected chi connectivity index (χ2v) is 13.4. The molecule has 0 saturated carbocycles. The third-order valence-corrected chi connectivity index (χ3v) is 8.16. The smallest absolute Gasteiger partial charge is 0.463 e. The van der Waals surface area contributed by atoms with Gasteiger partial charge in [0.2, 0.25) is 6.61 Å². The molecule has 273 valence electrons. The van der Waals surface area contributed by atoms with Gasteiger partial charge in [-0.25, -0.2) is 4.57 Å². The van der Waals surface area contributed by atoms with Crippen molar-refractivity contribution in [1.29, 1.82) is 0 Å². The number of carbonyl (C=O) groups excluding carboxylic acids is 2. The minimum absolute atomic E-state index is 0.175. The van der Waals surface area contributed by atoms with Gasteiger partial charge >= 0.3 is 19.8 Å². The first-order valence-corrected chi connectivity index (χ1v) is 19.2. The molecule has 0 bridgehead atoms. The van der Waals surface area contributed by atoms with Crippen molar-refractivity contribution in [3.8, 4) is 0 Å². The normalized spacial score (nSPS) is 16.3. The SMILES string of the molecule is [2H]C([2H])([2H])CCCCCCCCCCCCC(=O)OC[C@@H](O)C[NH+](C[C@H](O)COC(=[O+])CCCCCCCCCCCCC([2H])([2H])[2H])OP(=O)(O)O. The standard InChI is InChI=1S/C34H68NO10P/c1-3-5-7-9-11-13-15-17-19-21-23-25-33(38)43-29-31(36)27-35(45-46(40,41)42)28-32(37)30-44-34(39)26-24-22-20-18-16-14-12-10-8-6-4-2/h31-32,36-37H,3-30H2,1-2H3,(H2,40,41,42)/q+1/p+1/t31-,32-/m0/s1/i1D3,2D3. The van der Waals surface area contributed by atoms with Gasteiger partial charge in [0.1, 0.15) is 32.2 Å². The van der Waals surface area contributed by atoms with E-state index in [0.29, 0.717) is 12.8 Å². The quantitative estimate of drug-likeness (QED) is 0.0175. The molecule has 0 aliphatic heterocycles. The van der Waals surface area contributed by atoms with E-state index in [2.05, 4.69) is 4.62 Å². The van der Waals surface area contributed by atoms with Crippen LogP contribution in [0, 0.1) is 0 Å². The lowest BCUT2D eigenvalue weighted by Crippen LogP contribution is -3.13. The lowest BCUT2D eigenvalue weighted by atomic mass is 10.1. The van der Waals surface area contributed by atoms with E-state index in [1.54, 1.807) is 0 Å². The maximum atomic E-state index is 12.1. The monoisotopic (exact) mass is 689 g/mol. The molecule has 5 N–H and O–H groups in total. The molecule has 0 fully saturated rings. The Morgan fingerprint density at radius 1 is 0.652 bits per heavy atom. The second-order valence-electron chi connectivity index (χ2n) is 12.3. The summed E-state index contributed by atoms with van der Waals surface area (Å²) >= 11 is 0. The molecular formula is C34H69NO10P+2. The number of ether oxygens (including phenoxy) is 2. The van der Waals surface area contributed by atoms with E-state index in [-0.39, 0.29) is 30.7 Å².